The van der Waals surface area contributed by atoms with Gasteiger partial charge >= 0.3 is 5.97 Å². The number of rotatable bonds is 17. The number of phenols is 1. The van der Waals surface area contributed by atoms with E-state index in [4.69, 9.17) is 35.0 Å². The summed E-state index contributed by atoms with van der Waals surface area (Å²) < 4.78 is 44.8. The second-order valence-corrected chi connectivity index (χ2v) is 15.9. The number of ether oxygens (including phenoxy) is 4. The van der Waals surface area contributed by atoms with Gasteiger partial charge in [-0.25, -0.2) is 29.1 Å². The van der Waals surface area contributed by atoms with Crippen LogP contribution < -0.4 is 18.9 Å². The fourth-order valence-corrected chi connectivity index (χ4v) is 7.89. The van der Waals surface area contributed by atoms with Gasteiger partial charge in [0.1, 0.15) is 59.0 Å². The highest BCUT2D eigenvalue weighted by molar-refractivity contribution is 6.33. The molecule has 336 valence electrons. The van der Waals surface area contributed by atoms with E-state index in [-0.39, 0.29) is 58.9 Å². The lowest BCUT2D eigenvalue weighted by atomic mass is 9.95. The van der Waals surface area contributed by atoms with Gasteiger partial charge in [0.25, 0.3) is 0 Å². The molecule has 0 aliphatic carbocycles. The third-order valence-electron chi connectivity index (χ3n) is 11.2. The van der Waals surface area contributed by atoms with Crippen LogP contribution in [0.2, 0.25) is 5.02 Å². The molecule has 8 rings (SSSR count). The van der Waals surface area contributed by atoms with Crippen LogP contribution in [0.5, 0.6) is 28.9 Å². The first kappa shape index (κ1) is 44.7. The van der Waals surface area contributed by atoms with Gasteiger partial charge in [-0.3, -0.25) is 4.90 Å². The number of furan rings is 1. The van der Waals surface area contributed by atoms with Crippen LogP contribution in [0.4, 0.5) is 4.39 Å². The van der Waals surface area contributed by atoms with Crippen LogP contribution in [-0.2, 0) is 17.8 Å². The molecule has 0 bridgehead atoms. The predicted octanol–water partition coefficient (Wildman–Crippen LogP) is 7.47. The molecule has 0 saturated carbocycles. The molecule has 2 atom stereocenters. The van der Waals surface area contributed by atoms with Crippen molar-refractivity contribution in [2.24, 2.45) is 0 Å². The molecule has 1 aliphatic rings. The number of carbonyl (C=O) groups is 1. The molecule has 65 heavy (non-hydrogen) atoms. The van der Waals surface area contributed by atoms with Gasteiger partial charge in [0.15, 0.2) is 5.82 Å². The molecular formula is C48H46ClFN6O9. The molecular weight excluding hydrogens is 859 g/mol. The first-order valence-electron chi connectivity index (χ1n) is 20.8. The van der Waals surface area contributed by atoms with Crippen molar-refractivity contribution in [1.82, 2.24) is 29.7 Å². The Balaban J connectivity index is 1.11. The molecule has 0 spiro atoms. The van der Waals surface area contributed by atoms with Gasteiger partial charge in [-0.15, -0.1) is 0 Å². The van der Waals surface area contributed by atoms with Gasteiger partial charge in [0.05, 0.1) is 30.0 Å². The Labute approximate surface area is 378 Å². The van der Waals surface area contributed by atoms with Crippen LogP contribution in [0.1, 0.15) is 16.8 Å². The van der Waals surface area contributed by atoms with Gasteiger partial charge in [-0.2, -0.15) is 0 Å². The van der Waals surface area contributed by atoms with E-state index in [1.165, 1.54) is 36.7 Å². The number of likely N-dealkylation sites (N-methyl/N-ethyl adjacent to an activating group) is 1. The summed E-state index contributed by atoms with van der Waals surface area (Å²) in [6, 6.07) is 22.6. The molecule has 1 saturated heterocycles. The van der Waals surface area contributed by atoms with Gasteiger partial charge in [-0.05, 0) is 91.8 Å². The van der Waals surface area contributed by atoms with Crippen molar-refractivity contribution >= 4 is 28.7 Å². The molecule has 1 aliphatic heterocycles. The van der Waals surface area contributed by atoms with Gasteiger partial charge in [0.2, 0.25) is 17.7 Å². The fourth-order valence-electron chi connectivity index (χ4n) is 7.68. The van der Waals surface area contributed by atoms with Gasteiger partial charge in [0, 0.05) is 62.0 Å². The van der Waals surface area contributed by atoms with Crippen molar-refractivity contribution in [3.8, 4) is 62.7 Å². The van der Waals surface area contributed by atoms with Crippen molar-refractivity contribution in [3.05, 3.63) is 125 Å². The molecule has 0 radical (unpaired) electrons. The average molecular weight is 905 g/mol. The highest BCUT2D eigenvalue weighted by Gasteiger charge is 2.30. The Morgan fingerprint density at radius 2 is 1.69 bits per heavy atom. The zero-order valence-corrected chi connectivity index (χ0v) is 36.5. The minimum absolute atomic E-state index is 0.0131. The number of aromatic hydroxyl groups is 1. The maximum absolute atomic E-state index is 14.2. The van der Waals surface area contributed by atoms with E-state index in [0.29, 0.717) is 62.9 Å². The number of phenolic OH excluding ortho intramolecular Hbond substituents is 1. The van der Waals surface area contributed by atoms with E-state index >= 15 is 0 Å². The molecule has 15 nitrogen and oxygen atoms in total. The first-order chi connectivity index (χ1) is 31.5. The van der Waals surface area contributed by atoms with Gasteiger partial charge < -0.3 is 43.6 Å². The largest absolute Gasteiger partial charge is 0.508 e. The van der Waals surface area contributed by atoms with E-state index in [1.54, 1.807) is 50.6 Å². The lowest BCUT2D eigenvalue weighted by molar-refractivity contribution is -0.145. The molecule has 0 amide bonds. The second kappa shape index (κ2) is 19.9. The normalized spacial score (nSPS) is 14.2. The molecule has 17 heteroatoms. The van der Waals surface area contributed by atoms with E-state index in [1.807, 2.05) is 24.3 Å². The van der Waals surface area contributed by atoms with Crippen LogP contribution >= 0.6 is 11.6 Å². The van der Waals surface area contributed by atoms with Crippen molar-refractivity contribution in [3.63, 3.8) is 0 Å². The number of hydrogen-bond donors (Lipinski definition) is 3. The van der Waals surface area contributed by atoms with Crippen LogP contribution in [-0.4, -0.2) is 117 Å². The lowest BCUT2D eigenvalue weighted by Crippen LogP contribution is -2.48. The minimum atomic E-state index is -1.57. The lowest BCUT2D eigenvalue weighted by Gasteiger charge is -2.34. The zero-order valence-electron chi connectivity index (χ0n) is 35.8. The van der Waals surface area contributed by atoms with Crippen LogP contribution in [0.25, 0.3) is 44.9 Å². The standard InChI is InChI=1S/C48H46ClFN6O9/c1-28-35(13-15-39(43(28)49)63-34(25-57)24-56-20-18-55(2)19-21-56)41-42-46(52-27-53-47(42)65-44(41)29-8-10-31(50)11-9-29)64-40(48(59)60)23-30-22-33(58)12-14-37(30)62-26-32-16-17-51-45(54-32)36-6-4-5-7-38(36)61-3/h4-17,22,27,34,40,57-58H,18-21,23-26H2,1-3H3,(H,59,60)/t34-,40?/m1/s1. The Morgan fingerprint density at radius 1 is 0.923 bits per heavy atom. The smallest absolute Gasteiger partial charge is 0.345 e. The number of aromatic nitrogens is 4. The number of fused-ring (bicyclic) bond motifs is 1. The number of methoxy groups -OCH3 is 1. The molecule has 4 heterocycles. The monoisotopic (exact) mass is 904 g/mol. The number of aliphatic hydroxyl groups is 1. The Morgan fingerprint density at radius 3 is 2.45 bits per heavy atom. The number of carboxylic acid groups (broad SMARTS) is 1. The van der Waals surface area contributed by atoms with E-state index in [2.05, 4.69) is 36.8 Å². The molecule has 4 aromatic carbocycles. The van der Waals surface area contributed by atoms with Crippen LogP contribution in [0.15, 0.2) is 102 Å². The summed E-state index contributed by atoms with van der Waals surface area (Å²) in [7, 11) is 3.64. The number of aliphatic hydroxyl groups excluding tert-OH is 1. The fraction of sp³-hybridized carbons (Fsp3) is 0.271. The molecule has 3 N–H and O–H groups in total. The number of benzene rings is 4. The Bertz CT molecular complexity index is 2800. The number of halogens is 2. The molecule has 1 fully saturated rings. The first-order valence-corrected chi connectivity index (χ1v) is 21.2. The van der Waals surface area contributed by atoms with Crippen molar-refractivity contribution in [1.29, 1.82) is 0 Å². The SMILES string of the molecule is COc1ccccc1-c1nccc(COc2ccc(O)cc2CC(Oc2ncnc3oc(-c4ccc(F)cc4)c(-c4ccc(O[C@@H](CO)CN5CCN(C)CC5)c(Cl)c4C)c23)C(=O)O)n1. The Hall–Kier alpha value is -6.85. The zero-order chi connectivity index (χ0) is 45.6. The maximum atomic E-state index is 14.2. The van der Waals surface area contributed by atoms with E-state index in [9.17, 15) is 24.5 Å². The van der Waals surface area contributed by atoms with Crippen molar-refractivity contribution in [2.45, 2.75) is 32.2 Å². The van der Waals surface area contributed by atoms with E-state index in [0.717, 1.165) is 26.2 Å². The number of aliphatic carboxylic acids is 1. The summed E-state index contributed by atoms with van der Waals surface area (Å²) in [6.07, 6.45) is 0.411. The van der Waals surface area contributed by atoms with Crippen molar-refractivity contribution in [2.75, 3.05) is 53.5 Å². The second-order valence-electron chi connectivity index (χ2n) is 15.6. The number of hydrogen-bond acceptors (Lipinski definition) is 14. The summed E-state index contributed by atoms with van der Waals surface area (Å²) in [5, 5.41) is 32.0. The van der Waals surface area contributed by atoms with Gasteiger partial charge in [-0.1, -0.05) is 29.8 Å². The molecule has 7 aromatic rings. The third kappa shape index (κ3) is 10.1. The van der Waals surface area contributed by atoms with Crippen molar-refractivity contribution < 1.29 is 47.9 Å². The number of para-hydroxylation sites is 1. The van der Waals surface area contributed by atoms with E-state index < -0.39 is 24.0 Å². The summed E-state index contributed by atoms with van der Waals surface area (Å²) in [4.78, 5) is 35.4. The molecule has 3 aromatic heterocycles. The predicted molar refractivity (Wildman–Crippen MR) is 240 cm³/mol. The minimum Gasteiger partial charge on any atom is -0.508 e. The maximum Gasteiger partial charge on any atom is 0.345 e. The number of carboxylic acids is 1. The summed E-state index contributed by atoms with van der Waals surface area (Å²) in [6.45, 7) is 5.57. The summed E-state index contributed by atoms with van der Waals surface area (Å²) >= 11 is 7.05. The summed E-state index contributed by atoms with van der Waals surface area (Å²) in [5.74, 6) is -0.0789. The highest BCUT2D eigenvalue weighted by atomic mass is 35.5. The Kier molecular flexibility index (Phi) is 13.7. The quantitative estimate of drug-likeness (QED) is 0.0817. The van der Waals surface area contributed by atoms with Crippen LogP contribution in [0, 0.1) is 12.7 Å². The molecule has 1 unspecified atom stereocenters. The van der Waals surface area contributed by atoms with Crippen LogP contribution in [0.3, 0.4) is 0 Å². The topological polar surface area (TPSA) is 186 Å². The number of piperazine rings is 1. The average Bonchev–Trinajstić information content (AvgIpc) is 3.71. The third-order valence-corrected chi connectivity index (χ3v) is 11.6. The summed E-state index contributed by atoms with van der Waals surface area (Å²) in [5.41, 5.74) is 3.64. The highest BCUT2D eigenvalue weighted by Crippen LogP contribution is 2.47. The number of nitrogens with zero attached hydrogens (tertiary/aromatic N) is 6.